The van der Waals surface area contributed by atoms with Crippen LogP contribution in [0.2, 0.25) is 10.0 Å². The van der Waals surface area contributed by atoms with Crippen LogP contribution < -0.4 is 0 Å². The lowest BCUT2D eigenvalue weighted by molar-refractivity contribution is -0.0209. The maximum Gasteiger partial charge on any atom is 0.169 e. The lowest BCUT2D eigenvalue weighted by Gasteiger charge is -2.44. The van der Waals surface area contributed by atoms with Crippen molar-refractivity contribution in [1.82, 2.24) is 4.98 Å². The van der Waals surface area contributed by atoms with Crippen molar-refractivity contribution >= 4 is 29.0 Å². The van der Waals surface area contributed by atoms with Gasteiger partial charge in [0.25, 0.3) is 0 Å². The summed E-state index contributed by atoms with van der Waals surface area (Å²) in [6.07, 6.45) is 2.20. The molecule has 0 amide bonds. The molecule has 0 fully saturated rings. The van der Waals surface area contributed by atoms with Gasteiger partial charge in [-0.15, -0.1) is 0 Å². The van der Waals surface area contributed by atoms with E-state index in [1.54, 1.807) is 25.4 Å². The van der Waals surface area contributed by atoms with Crippen molar-refractivity contribution in [3.63, 3.8) is 0 Å². The van der Waals surface area contributed by atoms with Crippen molar-refractivity contribution in [2.24, 2.45) is 5.41 Å². The average molecular weight is 350 g/mol. The molecule has 0 saturated carbocycles. The van der Waals surface area contributed by atoms with Gasteiger partial charge in [0, 0.05) is 29.8 Å². The zero-order valence-electron chi connectivity index (χ0n) is 13.2. The predicted octanol–water partition coefficient (Wildman–Crippen LogP) is 4.89. The summed E-state index contributed by atoms with van der Waals surface area (Å²) in [5.74, 6) is 0.0367. The molecule has 2 aromatic rings. The van der Waals surface area contributed by atoms with Crippen LogP contribution in [0.1, 0.15) is 41.9 Å². The molecule has 3 nitrogen and oxygen atoms in total. The van der Waals surface area contributed by atoms with Crippen LogP contribution in [0.5, 0.6) is 0 Å². The molecule has 1 aliphatic rings. The molecule has 0 radical (unpaired) electrons. The molecule has 23 heavy (non-hydrogen) atoms. The van der Waals surface area contributed by atoms with E-state index in [0.29, 0.717) is 22.0 Å². The third-order valence-corrected chi connectivity index (χ3v) is 5.19. The Labute approximate surface area is 145 Å². The van der Waals surface area contributed by atoms with Gasteiger partial charge in [-0.25, -0.2) is 0 Å². The van der Waals surface area contributed by atoms with Crippen molar-refractivity contribution in [2.75, 3.05) is 7.11 Å². The smallest absolute Gasteiger partial charge is 0.169 e. The molecule has 1 heterocycles. The van der Waals surface area contributed by atoms with Gasteiger partial charge < -0.3 is 4.74 Å². The van der Waals surface area contributed by atoms with Crippen LogP contribution in [0.15, 0.2) is 36.5 Å². The third-order valence-electron chi connectivity index (χ3n) is 4.47. The monoisotopic (exact) mass is 349 g/mol. The highest BCUT2D eigenvalue weighted by Crippen LogP contribution is 2.50. The Morgan fingerprint density at radius 1 is 1.17 bits per heavy atom. The number of methoxy groups -OCH3 is 1. The molecule has 5 heteroatoms. The fraction of sp³-hybridized carbons (Fsp3) is 0.333. The minimum absolute atomic E-state index is 0.0367. The molecule has 1 aromatic carbocycles. The standard InChI is InChI=1S/C18H17Cl2NO2/c1-17(2)10-18(23-3,15-6-4-5-7-21-15)12-9-14(20)13(19)8-11(12)16(17)22/h4-9H,10H2,1-3H3. The van der Waals surface area contributed by atoms with Crippen molar-refractivity contribution in [3.8, 4) is 0 Å². The number of hydrogen-bond donors (Lipinski definition) is 0. The first-order chi connectivity index (χ1) is 10.8. The van der Waals surface area contributed by atoms with Crippen molar-refractivity contribution in [2.45, 2.75) is 25.9 Å². The zero-order valence-corrected chi connectivity index (χ0v) is 14.7. The molecule has 0 aliphatic heterocycles. The Balaban J connectivity index is 2.36. The number of hydrogen-bond acceptors (Lipinski definition) is 3. The first kappa shape index (κ1) is 16.4. The number of ketones is 1. The summed E-state index contributed by atoms with van der Waals surface area (Å²) < 4.78 is 5.95. The predicted molar refractivity (Wildman–Crippen MR) is 91.2 cm³/mol. The summed E-state index contributed by atoms with van der Waals surface area (Å²) in [5, 5.41) is 0.762. The topological polar surface area (TPSA) is 39.2 Å². The normalized spacial score (nSPS) is 22.7. The second-order valence-corrected chi connectivity index (χ2v) is 7.26. The first-order valence-corrected chi connectivity index (χ1v) is 8.08. The number of carbonyl (C=O) groups is 1. The molecule has 1 aromatic heterocycles. The second-order valence-electron chi connectivity index (χ2n) is 6.45. The molecule has 1 aliphatic carbocycles. The lowest BCUT2D eigenvalue weighted by Crippen LogP contribution is -2.45. The van der Waals surface area contributed by atoms with E-state index in [-0.39, 0.29) is 5.78 Å². The summed E-state index contributed by atoms with van der Waals surface area (Å²) in [6, 6.07) is 9.02. The van der Waals surface area contributed by atoms with Crippen molar-refractivity contribution in [1.29, 1.82) is 0 Å². The Hall–Kier alpha value is -1.42. The van der Waals surface area contributed by atoms with Crippen LogP contribution in [0.4, 0.5) is 0 Å². The number of halogens is 2. The van der Waals surface area contributed by atoms with Gasteiger partial charge in [0.15, 0.2) is 5.78 Å². The van der Waals surface area contributed by atoms with E-state index in [9.17, 15) is 4.79 Å². The lowest BCUT2D eigenvalue weighted by atomic mass is 9.64. The number of fused-ring (bicyclic) bond motifs is 1. The van der Waals surface area contributed by atoms with Crippen molar-refractivity contribution < 1.29 is 9.53 Å². The molecule has 1 unspecified atom stereocenters. The third kappa shape index (κ3) is 2.47. The quantitative estimate of drug-likeness (QED) is 0.774. The van der Waals surface area contributed by atoms with Crippen LogP contribution in [0.3, 0.4) is 0 Å². The molecule has 1 atom stereocenters. The number of rotatable bonds is 2. The molecule has 0 N–H and O–H groups in total. The summed E-state index contributed by atoms with van der Waals surface area (Å²) >= 11 is 12.4. The van der Waals surface area contributed by atoms with Crippen LogP contribution in [-0.2, 0) is 10.3 Å². The molecular formula is C18H17Cl2NO2. The fourth-order valence-corrected chi connectivity index (χ4v) is 3.68. The van der Waals surface area contributed by atoms with E-state index in [2.05, 4.69) is 4.98 Å². The second kappa shape index (κ2) is 5.59. The summed E-state index contributed by atoms with van der Waals surface area (Å²) in [6.45, 7) is 3.83. The highest BCUT2D eigenvalue weighted by Gasteiger charge is 2.50. The number of nitrogens with zero attached hydrogens (tertiary/aromatic N) is 1. The minimum Gasteiger partial charge on any atom is -0.367 e. The highest BCUT2D eigenvalue weighted by atomic mass is 35.5. The molecule has 0 spiro atoms. The van der Waals surface area contributed by atoms with E-state index < -0.39 is 11.0 Å². The Morgan fingerprint density at radius 3 is 2.48 bits per heavy atom. The van der Waals surface area contributed by atoms with Crippen LogP contribution in [0, 0.1) is 5.41 Å². The Morgan fingerprint density at radius 2 is 1.87 bits per heavy atom. The van der Waals surface area contributed by atoms with Crippen LogP contribution in [-0.4, -0.2) is 17.9 Å². The maximum absolute atomic E-state index is 12.9. The zero-order chi connectivity index (χ0) is 16.8. The number of benzene rings is 1. The van der Waals surface area contributed by atoms with E-state index in [0.717, 1.165) is 11.3 Å². The highest BCUT2D eigenvalue weighted by molar-refractivity contribution is 6.42. The maximum atomic E-state index is 12.9. The van der Waals surface area contributed by atoms with E-state index in [4.69, 9.17) is 27.9 Å². The summed E-state index contributed by atoms with van der Waals surface area (Å²) in [5.41, 5.74) is 0.586. The number of ether oxygens (including phenoxy) is 1. The largest absolute Gasteiger partial charge is 0.367 e. The van der Waals surface area contributed by atoms with E-state index >= 15 is 0 Å². The molecule has 3 rings (SSSR count). The number of Topliss-reactive ketones (excluding diaryl/α,β-unsaturated/α-hetero) is 1. The number of pyridine rings is 1. The Kier molecular flexibility index (Phi) is 3.99. The van der Waals surface area contributed by atoms with Gasteiger partial charge in [0.1, 0.15) is 5.60 Å². The van der Waals surface area contributed by atoms with Gasteiger partial charge in [0.2, 0.25) is 0 Å². The molecule has 120 valence electrons. The van der Waals surface area contributed by atoms with Gasteiger partial charge in [0.05, 0.1) is 15.7 Å². The molecule has 0 bridgehead atoms. The van der Waals surface area contributed by atoms with Gasteiger partial charge in [-0.2, -0.15) is 0 Å². The summed E-state index contributed by atoms with van der Waals surface area (Å²) in [7, 11) is 1.63. The van der Waals surface area contributed by atoms with Crippen LogP contribution >= 0.6 is 23.2 Å². The van der Waals surface area contributed by atoms with Crippen LogP contribution in [0.25, 0.3) is 0 Å². The Bertz CT molecular complexity index is 774. The van der Waals surface area contributed by atoms with Gasteiger partial charge in [-0.3, -0.25) is 9.78 Å². The van der Waals surface area contributed by atoms with Gasteiger partial charge >= 0.3 is 0 Å². The summed E-state index contributed by atoms with van der Waals surface area (Å²) in [4.78, 5) is 17.3. The van der Waals surface area contributed by atoms with Crippen molar-refractivity contribution in [3.05, 3.63) is 63.4 Å². The van der Waals surface area contributed by atoms with Gasteiger partial charge in [-0.1, -0.05) is 43.1 Å². The molecular weight excluding hydrogens is 333 g/mol. The number of aromatic nitrogens is 1. The van der Waals surface area contributed by atoms with E-state index in [1.165, 1.54) is 0 Å². The fourth-order valence-electron chi connectivity index (χ4n) is 3.35. The van der Waals surface area contributed by atoms with Gasteiger partial charge in [-0.05, 0) is 30.7 Å². The molecule has 0 saturated heterocycles. The average Bonchev–Trinajstić information content (AvgIpc) is 2.54. The number of carbonyl (C=O) groups excluding carboxylic acids is 1. The first-order valence-electron chi connectivity index (χ1n) is 7.33. The SMILES string of the molecule is COC1(c2ccccn2)CC(C)(C)C(=O)c2cc(Cl)c(Cl)cc21. The van der Waals surface area contributed by atoms with E-state index in [1.807, 2.05) is 32.0 Å². The minimum atomic E-state index is -0.831.